The summed E-state index contributed by atoms with van der Waals surface area (Å²) in [5.74, 6) is -0.292. The number of carbonyl (C=O) groups is 1. The van der Waals surface area contributed by atoms with Crippen molar-refractivity contribution in [2.75, 3.05) is 6.61 Å². The first kappa shape index (κ1) is 16.3. The molecule has 0 aromatic heterocycles. The molecule has 0 radical (unpaired) electrons. The highest BCUT2D eigenvalue weighted by molar-refractivity contribution is 8.13. The van der Waals surface area contributed by atoms with Crippen molar-refractivity contribution in [3.05, 3.63) is 29.3 Å². The van der Waals surface area contributed by atoms with Crippen molar-refractivity contribution in [1.82, 2.24) is 5.32 Å². The van der Waals surface area contributed by atoms with Gasteiger partial charge in [-0.15, -0.1) is 0 Å². The van der Waals surface area contributed by atoms with E-state index in [-0.39, 0.29) is 22.9 Å². The molecule has 1 aliphatic rings. The Morgan fingerprint density at radius 1 is 1.38 bits per heavy atom. The number of hydrogen-bond donors (Lipinski definition) is 1. The third-order valence-electron chi connectivity index (χ3n) is 3.41. The van der Waals surface area contributed by atoms with E-state index in [4.69, 9.17) is 15.4 Å². The van der Waals surface area contributed by atoms with Crippen LogP contribution in [-0.4, -0.2) is 33.1 Å². The van der Waals surface area contributed by atoms with Crippen LogP contribution in [0.5, 0.6) is 0 Å². The van der Waals surface area contributed by atoms with Crippen LogP contribution in [0.1, 0.15) is 35.7 Å². The summed E-state index contributed by atoms with van der Waals surface area (Å²) < 4.78 is 28.3. The fraction of sp³-hybridized carbons (Fsp3) is 0.500. The van der Waals surface area contributed by atoms with E-state index >= 15 is 0 Å². The van der Waals surface area contributed by atoms with Gasteiger partial charge in [0, 0.05) is 28.9 Å². The van der Waals surface area contributed by atoms with Gasteiger partial charge >= 0.3 is 0 Å². The summed E-state index contributed by atoms with van der Waals surface area (Å²) >= 11 is 0. The zero-order chi connectivity index (χ0) is 15.6. The van der Waals surface area contributed by atoms with Crippen LogP contribution >= 0.6 is 10.7 Å². The van der Waals surface area contributed by atoms with Crippen LogP contribution in [0.15, 0.2) is 23.1 Å². The van der Waals surface area contributed by atoms with Crippen LogP contribution in [0.4, 0.5) is 0 Å². The number of hydrogen-bond acceptors (Lipinski definition) is 4. The average Bonchev–Trinajstić information content (AvgIpc) is 2.37. The molecule has 2 atom stereocenters. The van der Waals surface area contributed by atoms with Crippen LogP contribution < -0.4 is 5.32 Å². The van der Waals surface area contributed by atoms with E-state index in [2.05, 4.69) is 5.32 Å². The lowest BCUT2D eigenvalue weighted by molar-refractivity contribution is 0.0136. The number of rotatable bonds is 3. The second-order valence-electron chi connectivity index (χ2n) is 5.35. The Kier molecular flexibility index (Phi) is 4.91. The Hall–Kier alpha value is -1.11. The first-order valence-electron chi connectivity index (χ1n) is 6.74. The molecule has 0 bridgehead atoms. The molecule has 7 heteroatoms. The van der Waals surface area contributed by atoms with E-state index in [0.717, 1.165) is 12.8 Å². The normalized spacial score (nSPS) is 22.8. The minimum Gasteiger partial charge on any atom is -0.378 e. The van der Waals surface area contributed by atoms with Crippen LogP contribution in [0.25, 0.3) is 0 Å². The van der Waals surface area contributed by atoms with Gasteiger partial charge in [0.25, 0.3) is 15.0 Å². The van der Waals surface area contributed by atoms with Gasteiger partial charge in [-0.2, -0.15) is 0 Å². The first-order valence-corrected chi connectivity index (χ1v) is 9.05. The van der Waals surface area contributed by atoms with Crippen molar-refractivity contribution < 1.29 is 17.9 Å². The molecule has 0 saturated carbocycles. The molecule has 0 aliphatic carbocycles. The van der Waals surface area contributed by atoms with Crippen molar-refractivity contribution in [2.24, 2.45) is 0 Å². The SMILES string of the molecule is Cc1cc(C(=O)NC2CCOC(C)C2)cc(S(=O)(=O)Cl)c1. The summed E-state index contributed by atoms with van der Waals surface area (Å²) in [6, 6.07) is 4.42. The predicted octanol–water partition coefficient (Wildman–Crippen LogP) is 2.22. The maximum absolute atomic E-state index is 12.3. The summed E-state index contributed by atoms with van der Waals surface area (Å²) in [5.41, 5.74) is 0.968. The third-order valence-corrected chi connectivity index (χ3v) is 4.75. The number of amides is 1. The summed E-state index contributed by atoms with van der Waals surface area (Å²) in [7, 11) is 1.49. The van der Waals surface area contributed by atoms with Gasteiger partial charge in [-0.1, -0.05) is 0 Å². The lowest BCUT2D eigenvalue weighted by Crippen LogP contribution is -2.41. The summed E-state index contributed by atoms with van der Waals surface area (Å²) in [5, 5.41) is 2.91. The Morgan fingerprint density at radius 3 is 2.71 bits per heavy atom. The van der Waals surface area contributed by atoms with E-state index in [9.17, 15) is 13.2 Å². The molecule has 1 amide bonds. The van der Waals surface area contributed by atoms with Crippen LogP contribution in [-0.2, 0) is 13.8 Å². The van der Waals surface area contributed by atoms with E-state index in [1.54, 1.807) is 13.0 Å². The smallest absolute Gasteiger partial charge is 0.261 e. The number of aryl methyl sites for hydroxylation is 1. The standard InChI is InChI=1S/C14H18ClNO4S/c1-9-5-11(8-13(6-9)21(15,18)19)14(17)16-12-3-4-20-10(2)7-12/h5-6,8,10,12H,3-4,7H2,1-2H3,(H,16,17). The molecular formula is C14H18ClNO4S. The van der Waals surface area contributed by atoms with Crippen molar-refractivity contribution in [1.29, 1.82) is 0 Å². The molecule has 2 rings (SSSR count). The molecule has 1 fully saturated rings. The maximum Gasteiger partial charge on any atom is 0.261 e. The molecule has 2 unspecified atom stereocenters. The lowest BCUT2D eigenvalue weighted by Gasteiger charge is -2.28. The summed E-state index contributed by atoms with van der Waals surface area (Å²) in [6.07, 6.45) is 1.61. The van der Waals surface area contributed by atoms with Gasteiger partial charge in [0.1, 0.15) is 0 Å². The topological polar surface area (TPSA) is 72.5 Å². The minimum atomic E-state index is -3.85. The Morgan fingerprint density at radius 2 is 2.10 bits per heavy atom. The fourth-order valence-electron chi connectivity index (χ4n) is 2.42. The molecule has 0 spiro atoms. The first-order chi connectivity index (χ1) is 9.75. The second-order valence-corrected chi connectivity index (χ2v) is 7.91. The number of ether oxygens (including phenoxy) is 1. The van der Waals surface area contributed by atoms with Crippen molar-refractivity contribution in [3.63, 3.8) is 0 Å². The zero-order valence-corrected chi connectivity index (χ0v) is 13.5. The number of halogens is 1. The third kappa shape index (κ3) is 4.43. The molecule has 1 N–H and O–H groups in total. The highest BCUT2D eigenvalue weighted by Crippen LogP contribution is 2.20. The molecule has 1 aromatic carbocycles. The highest BCUT2D eigenvalue weighted by Gasteiger charge is 2.22. The summed E-state index contributed by atoms with van der Waals surface area (Å²) in [6.45, 7) is 4.29. The molecular weight excluding hydrogens is 314 g/mol. The molecule has 1 saturated heterocycles. The summed E-state index contributed by atoms with van der Waals surface area (Å²) in [4.78, 5) is 12.2. The van der Waals surface area contributed by atoms with Gasteiger partial charge in [0.15, 0.2) is 0 Å². The second kappa shape index (κ2) is 6.34. The Bertz CT molecular complexity index is 644. The van der Waals surface area contributed by atoms with E-state index in [0.29, 0.717) is 17.7 Å². The van der Waals surface area contributed by atoms with Gasteiger partial charge < -0.3 is 10.1 Å². The number of carbonyl (C=O) groups excluding carboxylic acids is 1. The van der Waals surface area contributed by atoms with E-state index in [1.165, 1.54) is 12.1 Å². The quantitative estimate of drug-likeness (QED) is 0.862. The maximum atomic E-state index is 12.3. The molecule has 1 aromatic rings. The van der Waals surface area contributed by atoms with Gasteiger partial charge in [0.2, 0.25) is 0 Å². The molecule has 1 heterocycles. The number of benzene rings is 1. The zero-order valence-electron chi connectivity index (χ0n) is 11.9. The van der Waals surface area contributed by atoms with Gasteiger partial charge in [-0.05, 0) is 50.5 Å². The Labute approximate surface area is 129 Å². The van der Waals surface area contributed by atoms with E-state index in [1.807, 2.05) is 6.92 Å². The van der Waals surface area contributed by atoms with Crippen molar-refractivity contribution in [3.8, 4) is 0 Å². The van der Waals surface area contributed by atoms with Crippen molar-refractivity contribution >= 4 is 25.6 Å². The predicted molar refractivity (Wildman–Crippen MR) is 80.1 cm³/mol. The lowest BCUT2D eigenvalue weighted by atomic mass is 10.0. The van der Waals surface area contributed by atoms with Crippen LogP contribution in [0.3, 0.4) is 0 Å². The van der Waals surface area contributed by atoms with Gasteiger partial charge in [0.05, 0.1) is 11.0 Å². The molecule has 116 valence electrons. The molecule has 5 nitrogen and oxygen atoms in total. The van der Waals surface area contributed by atoms with Crippen LogP contribution in [0.2, 0.25) is 0 Å². The molecule has 1 aliphatic heterocycles. The largest absolute Gasteiger partial charge is 0.378 e. The average molecular weight is 332 g/mol. The van der Waals surface area contributed by atoms with Gasteiger partial charge in [-0.25, -0.2) is 8.42 Å². The van der Waals surface area contributed by atoms with Crippen molar-refractivity contribution in [2.45, 2.75) is 43.7 Å². The number of nitrogens with one attached hydrogen (secondary N) is 1. The van der Waals surface area contributed by atoms with Gasteiger partial charge in [-0.3, -0.25) is 4.79 Å². The monoisotopic (exact) mass is 331 g/mol. The van der Waals surface area contributed by atoms with E-state index < -0.39 is 9.05 Å². The highest BCUT2D eigenvalue weighted by atomic mass is 35.7. The van der Waals surface area contributed by atoms with Crippen LogP contribution in [0, 0.1) is 6.92 Å². The Balaban J connectivity index is 2.17. The fourth-order valence-corrected chi connectivity index (χ4v) is 3.28. The molecule has 21 heavy (non-hydrogen) atoms. The minimum absolute atomic E-state index is 0.0396.